The maximum absolute atomic E-state index is 13.5. The van der Waals surface area contributed by atoms with Gasteiger partial charge in [0.25, 0.3) is 5.91 Å². The summed E-state index contributed by atoms with van der Waals surface area (Å²) in [6.07, 6.45) is -3.93. The van der Waals surface area contributed by atoms with Crippen molar-refractivity contribution in [3.63, 3.8) is 0 Å². The molecule has 0 bridgehead atoms. The van der Waals surface area contributed by atoms with Crippen molar-refractivity contribution in [1.82, 2.24) is 20.0 Å². The van der Waals surface area contributed by atoms with Crippen LogP contribution in [-0.4, -0.2) is 25.9 Å². The predicted octanol–water partition coefficient (Wildman–Crippen LogP) is 3.65. The molecule has 0 aliphatic rings. The molecular formula is C13H7ClF3N5OS. The van der Waals surface area contributed by atoms with E-state index in [1.165, 1.54) is 29.8 Å². The van der Waals surface area contributed by atoms with Crippen LogP contribution in [0.1, 0.15) is 16.1 Å². The summed E-state index contributed by atoms with van der Waals surface area (Å²) in [5, 5.41) is 13.5. The lowest BCUT2D eigenvalue weighted by Gasteiger charge is -2.12. The molecule has 0 spiro atoms. The van der Waals surface area contributed by atoms with E-state index >= 15 is 0 Å². The van der Waals surface area contributed by atoms with Crippen LogP contribution in [0, 0.1) is 0 Å². The summed E-state index contributed by atoms with van der Waals surface area (Å²) in [5.74, 6) is -0.973. The quantitative estimate of drug-likeness (QED) is 0.760. The molecule has 24 heavy (non-hydrogen) atoms. The Morgan fingerprint density at radius 2 is 1.96 bits per heavy atom. The number of halogens is 4. The van der Waals surface area contributed by atoms with Gasteiger partial charge in [0.1, 0.15) is 5.51 Å². The first-order chi connectivity index (χ1) is 11.4. The Bertz CT molecular complexity index is 861. The van der Waals surface area contributed by atoms with Crippen LogP contribution in [0.5, 0.6) is 0 Å². The Morgan fingerprint density at radius 1 is 1.25 bits per heavy atom. The van der Waals surface area contributed by atoms with E-state index < -0.39 is 23.3 Å². The molecule has 0 saturated heterocycles. The summed E-state index contributed by atoms with van der Waals surface area (Å²) >= 11 is 6.72. The number of hydrogen-bond donors (Lipinski definition) is 1. The van der Waals surface area contributed by atoms with Crippen LogP contribution in [0.4, 0.5) is 18.3 Å². The maximum Gasteiger partial charge on any atom is 0.434 e. The second kappa shape index (κ2) is 6.21. The summed E-state index contributed by atoms with van der Waals surface area (Å²) in [6, 6.07) is 5.60. The lowest BCUT2D eigenvalue weighted by Crippen LogP contribution is -2.20. The normalized spacial score (nSPS) is 11.5. The van der Waals surface area contributed by atoms with Crippen molar-refractivity contribution >= 4 is 34.0 Å². The largest absolute Gasteiger partial charge is 0.434 e. The monoisotopic (exact) mass is 373 g/mol. The topological polar surface area (TPSA) is 72.7 Å². The Morgan fingerprint density at radius 3 is 2.54 bits per heavy atom. The molecule has 0 aliphatic carbocycles. The van der Waals surface area contributed by atoms with E-state index in [0.29, 0.717) is 9.70 Å². The van der Waals surface area contributed by atoms with E-state index in [0.717, 1.165) is 17.5 Å². The third-order valence-electron chi connectivity index (χ3n) is 2.93. The molecule has 0 aliphatic heterocycles. The minimum absolute atomic E-state index is 0.0902. The lowest BCUT2D eigenvalue weighted by atomic mass is 10.2. The van der Waals surface area contributed by atoms with Gasteiger partial charge in [0.2, 0.25) is 5.13 Å². The summed E-state index contributed by atoms with van der Waals surface area (Å²) in [6.45, 7) is 0. The molecule has 3 rings (SSSR count). The minimum Gasteiger partial charge on any atom is -0.296 e. The van der Waals surface area contributed by atoms with Crippen LogP contribution < -0.4 is 5.32 Å². The highest BCUT2D eigenvalue weighted by molar-refractivity contribution is 7.13. The average Bonchev–Trinajstić information content (AvgIpc) is 3.16. The molecule has 0 unspecified atom stereocenters. The van der Waals surface area contributed by atoms with E-state index in [-0.39, 0.29) is 10.8 Å². The number of carbonyl (C=O) groups excluding carboxylic acids is 1. The number of amides is 1. The fraction of sp³-hybridized carbons (Fsp3) is 0.0769. The predicted molar refractivity (Wildman–Crippen MR) is 81.4 cm³/mol. The van der Waals surface area contributed by atoms with Crippen molar-refractivity contribution in [2.75, 3.05) is 5.32 Å². The number of hydrogen-bond acceptors (Lipinski definition) is 5. The van der Waals surface area contributed by atoms with Crippen LogP contribution in [-0.2, 0) is 6.18 Å². The highest BCUT2D eigenvalue weighted by Crippen LogP contribution is 2.34. The Kier molecular flexibility index (Phi) is 4.24. The summed E-state index contributed by atoms with van der Waals surface area (Å²) in [4.78, 5) is 12.1. The second-order valence-electron chi connectivity index (χ2n) is 4.49. The first-order valence-corrected chi connectivity index (χ1v) is 7.60. The van der Waals surface area contributed by atoms with Crippen molar-refractivity contribution in [3.8, 4) is 5.69 Å². The zero-order chi connectivity index (χ0) is 17.3. The van der Waals surface area contributed by atoms with Crippen LogP contribution >= 0.6 is 22.9 Å². The van der Waals surface area contributed by atoms with Gasteiger partial charge in [-0.25, -0.2) is 4.68 Å². The number of nitrogens with one attached hydrogen (secondary N) is 1. The van der Waals surface area contributed by atoms with Gasteiger partial charge >= 0.3 is 6.18 Å². The number of carbonyl (C=O) groups is 1. The van der Waals surface area contributed by atoms with Gasteiger partial charge in [-0.1, -0.05) is 22.9 Å². The first-order valence-electron chi connectivity index (χ1n) is 6.35. The van der Waals surface area contributed by atoms with Crippen LogP contribution in [0.3, 0.4) is 0 Å². The van der Waals surface area contributed by atoms with E-state index in [2.05, 4.69) is 20.6 Å². The van der Waals surface area contributed by atoms with Crippen molar-refractivity contribution in [3.05, 3.63) is 52.3 Å². The van der Waals surface area contributed by atoms with Crippen LogP contribution in [0.2, 0.25) is 5.02 Å². The van der Waals surface area contributed by atoms with Crippen molar-refractivity contribution in [2.24, 2.45) is 0 Å². The molecule has 124 valence electrons. The second-order valence-corrected chi connectivity index (χ2v) is 5.76. The number of aromatic nitrogens is 4. The van der Waals surface area contributed by atoms with Crippen LogP contribution in [0.25, 0.3) is 5.69 Å². The van der Waals surface area contributed by atoms with Crippen molar-refractivity contribution in [2.45, 2.75) is 6.18 Å². The molecule has 0 saturated carbocycles. The molecule has 0 atom stereocenters. The van der Waals surface area contributed by atoms with Gasteiger partial charge in [0, 0.05) is 5.02 Å². The summed E-state index contributed by atoms with van der Waals surface area (Å²) in [5.41, 5.74) is -0.335. The highest BCUT2D eigenvalue weighted by Gasteiger charge is 2.40. The van der Waals surface area contributed by atoms with E-state index in [1.807, 2.05) is 0 Å². The summed E-state index contributed by atoms with van der Waals surface area (Å²) < 4.78 is 41.0. The van der Waals surface area contributed by atoms with Gasteiger partial charge in [0.05, 0.1) is 17.4 Å². The van der Waals surface area contributed by atoms with Gasteiger partial charge in [0.15, 0.2) is 5.69 Å². The molecule has 0 fully saturated rings. The molecule has 1 aromatic carbocycles. The Hall–Kier alpha value is -2.46. The zero-order valence-electron chi connectivity index (χ0n) is 11.6. The fourth-order valence-electron chi connectivity index (χ4n) is 1.96. The molecule has 11 heteroatoms. The molecule has 0 radical (unpaired) electrons. The first kappa shape index (κ1) is 16.4. The smallest absolute Gasteiger partial charge is 0.296 e. The van der Waals surface area contributed by atoms with E-state index in [9.17, 15) is 18.0 Å². The highest BCUT2D eigenvalue weighted by atomic mass is 35.5. The van der Waals surface area contributed by atoms with Gasteiger partial charge in [-0.2, -0.15) is 18.3 Å². The summed E-state index contributed by atoms with van der Waals surface area (Å²) in [7, 11) is 0. The molecule has 2 aromatic heterocycles. The Balaban J connectivity index is 2.04. The van der Waals surface area contributed by atoms with Gasteiger partial charge in [-0.05, 0) is 24.3 Å². The van der Waals surface area contributed by atoms with Crippen molar-refractivity contribution < 1.29 is 18.0 Å². The number of rotatable bonds is 3. The van der Waals surface area contributed by atoms with Gasteiger partial charge in [-0.3, -0.25) is 10.1 Å². The standard InChI is InChI=1S/C13H7ClF3N5OS/c14-7-1-3-8(4-2-7)22-10(13(15,16)17)9(5-19-22)11(23)20-12-21-18-6-24-12/h1-6H,(H,20,21,23). The number of benzene rings is 1. The fourth-order valence-corrected chi connectivity index (χ4v) is 2.52. The molecule has 3 aromatic rings. The SMILES string of the molecule is O=C(Nc1nncs1)c1cnn(-c2ccc(Cl)cc2)c1C(F)(F)F. The third kappa shape index (κ3) is 3.24. The lowest BCUT2D eigenvalue weighted by molar-refractivity contribution is -0.143. The number of alkyl halides is 3. The molecule has 1 amide bonds. The molecule has 6 nitrogen and oxygen atoms in total. The Labute approximate surface area is 141 Å². The third-order valence-corrected chi connectivity index (χ3v) is 3.79. The molecule has 1 N–H and O–H groups in total. The van der Waals surface area contributed by atoms with Crippen LogP contribution in [0.15, 0.2) is 36.0 Å². The number of anilines is 1. The van der Waals surface area contributed by atoms with E-state index in [1.54, 1.807) is 0 Å². The zero-order valence-corrected chi connectivity index (χ0v) is 13.2. The van der Waals surface area contributed by atoms with E-state index in [4.69, 9.17) is 11.6 Å². The van der Waals surface area contributed by atoms with Gasteiger partial charge in [-0.15, -0.1) is 10.2 Å². The molecule has 2 heterocycles. The van der Waals surface area contributed by atoms with Gasteiger partial charge < -0.3 is 0 Å². The number of nitrogens with zero attached hydrogens (tertiary/aromatic N) is 4. The minimum atomic E-state index is -4.79. The van der Waals surface area contributed by atoms with Crippen molar-refractivity contribution in [1.29, 1.82) is 0 Å². The maximum atomic E-state index is 13.5. The average molecular weight is 374 g/mol. The molecular weight excluding hydrogens is 367 g/mol.